The summed E-state index contributed by atoms with van der Waals surface area (Å²) in [5.74, 6) is 0.973. The maximum Gasteiger partial charge on any atom is 0.324 e. The van der Waals surface area contributed by atoms with Gasteiger partial charge in [-0.25, -0.2) is 0 Å². The van der Waals surface area contributed by atoms with E-state index in [2.05, 4.69) is 5.32 Å². The molecule has 0 fully saturated rings. The predicted octanol–water partition coefficient (Wildman–Crippen LogP) is 1.61. The minimum Gasteiger partial charge on any atom is -0.497 e. The zero-order chi connectivity index (χ0) is 16.1. The summed E-state index contributed by atoms with van der Waals surface area (Å²) in [7, 11) is 4.35. The fraction of sp³-hybridized carbons (Fsp3) is 0.333. The van der Waals surface area contributed by atoms with Crippen LogP contribution in [0.3, 0.4) is 0 Å². The van der Waals surface area contributed by atoms with Crippen molar-refractivity contribution < 1.29 is 23.8 Å². The molecular weight excluding hydrogens is 306 g/mol. The van der Waals surface area contributed by atoms with Crippen LogP contribution in [0.1, 0.15) is 10.4 Å². The predicted molar refractivity (Wildman–Crippen MR) is 83.4 cm³/mol. The third-order valence-corrected chi connectivity index (χ3v) is 4.27. The normalized spacial score (nSPS) is 16.7. The number of esters is 1. The quantitative estimate of drug-likeness (QED) is 0.830. The summed E-state index contributed by atoms with van der Waals surface area (Å²) in [6.07, 6.45) is 1.81. The number of rotatable bonds is 5. The molecule has 0 aromatic heterocycles. The van der Waals surface area contributed by atoms with Gasteiger partial charge in [0.05, 0.1) is 21.3 Å². The number of benzene rings is 1. The van der Waals surface area contributed by atoms with Gasteiger partial charge >= 0.3 is 5.97 Å². The first-order chi connectivity index (χ1) is 10.6. The van der Waals surface area contributed by atoms with Crippen molar-refractivity contribution in [3.05, 3.63) is 35.5 Å². The Bertz CT molecular complexity index is 592. The molecule has 22 heavy (non-hydrogen) atoms. The molecule has 0 aliphatic carbocycles. The van der Waals surface area contributed by atoms with E-state index in [4.69, 9.17) is 14.2 Å². The van der Waals surface area contributed by atoms with Gasteiger partial charge in [-0.05, 0) is 12.1 Å². The Kier molecular flexibility index (Phi) is 5.32. The van der Waals surface area contributed by atoms with Gasteiger partial charge in [0.1, 0.15) is 16.7 Å². The maximum absolute atomic E-state index is 12.4. The Morgan fingerprint density at radius 1 is 1.14 bits per heavy atom. The molecule has 0 saturated heterocycles. The molecule has 118 valence electrons. The van der Waals surface area contributed by atoms with E-state index in [1.807, 2.05) is 6.08 Å². The van der Waals surface area contributed by atoms with Gasteiger partial charge in [-0.3, -0.25) is 9.59 Å². The van der Waals surface area contributed by atoms with E-state index in [1.165, 1.54) is 33.1 Å². The molecule has 1 atom stereocenters. The van der Waals surface area contributed by atoms with Crippen LogP contribution < -0.4 is 14.8 Å². The van der Waals surface area contributed by atoms with Crippen LogP contribution in [0, 0.1) is 0 Å². The number of ether oxygens (including phenoxy) is 3. The number of carbonyl (C=O) groups is 2. The van der Waals surface area contributed by atoms with Crippen molar-refractivity contribution in [2.45, 2.75) is 5.25 Å². The fourth-order valence-corrected chi connectivity index (χ4v) is 3.03. The zero-order valence-electron chi connectivity index (χ0n) is 12.5. The number of thioether (sulfide) groups is 1. The smallest absolute Gasteiger partial charge is 0.324 e. The third-order valence-electron chi connectivity index (χ3n) is 3.14. The Morgan fingerprint density at radius 2 is 1.77 bits per heavy atom. The van der Waals surface area contributed by atoms with Crippen molar-refractivity contribution >= 4 is 23.6 Å². The van der Waals surface area contributed by atoms with Crippen molar-refractivity contribution in [1.29, 1.82) is 0 Å². The first kappa shape index (κ1) is 16.2. The van der Waals surface area contributed by atoms with Crippen LogP contribution >= 0.6 is 11.8 Å². The van der Waals surface area contributed by atoms with Crippen LogP contribution in [0.15, 0.2) is 30.0 Å². The van der Waals surface area contributed by atoms with Gasteiger partial charge in [0.2, 0.25) is 0 Å². The van der Waals surface area contributed by atoms with E-state index in [9.17, 15) is 9.59 Å². The molecule has 0 saturated carbocycles. The second-order valence-electron chi connectivity index (χ2n) is 4.45. The van der Waals surface area contributed by atoms with Gasteiger partial charge in [-0.2, -0.15) is 0 Å². The second-order valence-corrected chi connectivity index (χ2v) is 5.59. The first-order valence-corrected chi connectivity index (χ1v) is 7.57. The minimum atomic E-state index is -0.499. The van der Waals surface area contributed by atoms with Gasteiger partial charge in [0, 0.05) is 23.1 Å². The van der Waals surface area contributed by atoms with E-state index in [0.29, 0.717) is 28.5 Å². The Labute approximate surface area is 132 Å². The molecule has 0 spiro atoms. The summed E-state index contributed by atoms with van der Waals surface area (Å²) in [6, 6.07) is 4.89. The number of hydrogen-bond acceptors (Lipinski definition) is 6. The summed E-state index contributed by atoms with van der Waals surface area (Å²) in [4.78, 5) is 24.0. The number of methoxy groups -OCH3 is 3. The zero-order valence-corrected chi connectivity index (χ0v) is 13.4. The highest BCUT2D eigenvalue weighted by Gasteiger charge is 2.29. The largest absolute Gasteiger partial charge is 0.497 e. The van der Waals surface area contributed by atoms with Crippen LogP contribution in [0.2, 0.25) is 0 Å². The van der Waals surface area contributed by atoms with Crippen LogP contribution in [-0.2, 0) is 9.53 Å². The molecule has 1 aliphatic heterocycles. The first-order valence-electron chi connectivity index (χ1n) is 6.53. The molecule has 1 N–H and O–H groups in total. The Morgan fingerprint density at radius 3 is 2.32 bits per heavy atom. The second kappa shape index (κ2) is 7.22. The topological polar surface area (TPSA) is 73.9 Å². The molecule has 1 amide bonds. The highest BCUT2D eigenvalue weighted by atomic mass is 32.2. The van der Waals surface area contributed by atoms with E-state index in [-0.39, 0.29) is 11.9 Å². The Balaban J connectivity index is 2.17. The van der Waals surface area contributed by atoms with E-state index < -0.39 is 5.25 Å². The average molecular weight is 323 g/mol. The molecule has 0 radical (unpaired) electrons. The highest BCUT2D eigenvalue weighted by molar-refractivity contribution is 8.01. The lowest BCUT2D eigenvalue weighted by Gasteiger charge is -2.14. The lowest BCUT2D eigenvalue weighted by molar-refractivity contribution is -0.139. The van der Waals surface area contributed by atoms with Crippen molar-refractivity contribution in [3.8, 4) is 11.5 Å². The monoisotopic (exact) mass is 323 g/mol. The number of hydrogen-bond donors (Lipinski definition) is 1. The molecular formula is C15H17NO5S. The van der Waals surface area contributed by atoms with Gasteiger partial charge in [0.25, 0.3) is 5.91 Å². The van der Waals surface area contributed by atoms with Gasteiger partial charge < -0.3 is 19.5 Å². The lowest BCUT2D eigenvalue weighted by atomic mass is 10.1. The molecule has 0 bridgehead atoms. The molecule has 1 aromatic rings. The maximum atomic E-state index is 12.4. The van der Waals surface area contributed by atoms with E-state index in [1.54, 1.807) is 18.2 Å². The number of nitrogens with one attached hydrogen (secondary N) is 1. The van der Waals surface area contributed by atoms with Gasteiger partial charge in [-0.15, -0.1) is 11.8 Å². The molecule has 1 unspecified atom stereocenters. The summed E-state index contributed by atoms with van der Waals surface area (Å²) in [5, 5.41) is 2.25. The van der Waals surface area contributed by atoms with Crippen molar-refractivity contribution in [1.82, 2.24) is 5.32 Å². The SMILES string of the molecule is COC(=O)C1SCC=C1NC(=O)c1cc(OC)cc(OC)c1. The van der Waals surface area contributed by atoms with Gasteiger partial charge in [-0.1, -0.05) is 6.08 Å². The molecule has 2 rings (SSSR count). The summed E-state index contributed by atoms with van der Waals surface area (Å²) < 4.78 is 15.0. The van der Waals surface area contributed by atoms with Crippen molar-refractivity contribution in [3.63, 3.8) is 0 Å². The highest BCUT2D eigenvalue weighted by Crippen LogP contribution is 2.27. The summed E-state index contributed by atoms with van der Waals surface area (Å²) in [6.45, 7) is 0. The molecule has 7 heteroatoms. The van der Waals surface area contributed by atoms with Crippen molar-refractivity contribution in [2.75, 3.05) is 27.1 Å². The van der Waals surface area contributed by atoms with Crippen LogP contribution in [0.25, 0.3) is 0 Å². The summed E-state index contributed by atoms with van der Waals surface area (Å²) >= 11 is 1.40. The van der Waals surface area contributed by atoms with Gasteiger partial charge in [0.15, 0.2) is 0 Å². The number of carbonyl (C=O) groups excluding carboxylic acids is 2. The fourth-order valence-electron chi connectivity index (χ4n) is 1.99. The van der Waals surface area contributed by atoms with Crippen LogP contribution in [-0.4, -0.2) is 44.2 Å². The average Bonchev–Trinajstić information content (AvgIpc) is 3.01. The number of amides is 1. The standard InChI is InChI=1S/C15H17NO5S/c1-19-10-6-9(7-11(8-10)20-2)14(17)16-12-4-5-22-13(12)15(18)21-3/h4,6-8,13H,5H2,1-3H3,(H,16,17). The van der Waals surface area contributed by atoms with Crippen molar-refractivity contribution in [2.24, 2.45) is 0 Å². The minimum absolute atomic E-state index is 0.333. The lowest BCUT2D eigenvalue weighted by Crippen LogP contribution is -2.31. The molecule has 1 aliphatic rings. The van der Waals surface area contributed by atoms with Crippen LogP contribution in [0.4, 0.5) is 0 Å². The third kappa shape index (κ3) is 3.54. The molecule has 1 heterocycles. The summed E-state index contributed by atoms with van der Waals surface area (Å²) in [5.41, 5.74) is 0.932. The van der Waals surface area contributed by atoms with E-state index >= 15 is 0 Å². The molecule has 1 aromatic carbocycles. The van der Waals surface area contributed by atoms with E-state index in [0.717, 1.165) is 0 Å². The molecule has 6 nitrogen and oxygen atoms in total. The van der Waals surface area contributed by atoms with Crippen LogP contribution in [0.5, 0.6) is 11.5 Å². The Hall–Kier alpha value is -2.15.